The quantitative estimate of drug-likeness (QED) is 0.185. The van der Waals surface area contributed by atoms with Gasteiger partial charge in [0, 0.05) is 30.1 Å². The second-order valence-electron chi connectivity index (χ2n) is 13.0. The van der Waals surface area contributed by atoms with Gasteiger partial charge in [-0.05, 0) is 79.1 Å². The molecule has 1 atom stereocenters. The fourth-order valence-corrected chi connectivity index (χ4v) is 7.24. The summed E-state index contributed by atoms with van der Waals surface area (Å²) in [4.78, 5) is 33.8. The smallest absolute Gasteiger partial charge is 0.403 e. The number of aromatic nitrogens is 1. The molecule has 2 aliphatic rings. The van der Waals surface area contributed by atoms with E-state index >= 15 is 0 Å². The first-order chi connectivity index (χ1) is 23.3. The van der Waals surface area contributed by atoms with Crippen molar-refractivity contribution in [3.8, 4) is 11.3 Å². The van der Waals surface area contributed by atoms with Crippen LogP contribution in [0.25, 0.3) is 32.8 Å². The van der Waals surface area contributed by atoms with E-state index in [1.54, 1.807) is 24.3 Å². The molecule has 49 heavy (non-hydrogen) atoms. The number of likely N-dealkylation sites (tertiary alicyclic amines) is 2. The van der Waals surface area contributed by atoms with Crippen LogP contribution in [0.5, 0.6) is 0 Å². The highest BCUT2D eigenvalue weighted by atomic mass is 19.4. The third kappa shape index (κ3) is 7.23. The first-order valence-electron chi connectivity index (χ1n) is 16.3. The lowest BCUT2D eigenvalue weighted by Crippen LogP contribution is -2.59. The van der Waals surface area contributed by atoms with E-state index in [2.05, 4.69) is 16.3 Å². The Morgan fingerprint density at radius 2 is 1.41 bits per heavy atom. The number of carboxylic acid groups (broad SMARTS) is 1. The van der Waals surface area contributed by atoms with Crippen LogP contribution in [0.3, 0.4) is 0 Å². The normalized spacial score (nSPS) is 18.2. The molecule has 2 N–H and O–H groups in total. The molecule has 0 unspecified atom stereocenters. The van der Waals surface area contributed by atoms with Crippen LogP contribution in [0.15, 0.2) is 66.9 Å². The second-order valence-corrected chi connectivity index (χ2v) is 13.0. The van der Waals surface area contributed by atoms with Gasteiger partial charge in [0.05, 0.1) is 12.2 Å². The van der Waals surface area contributed by atoms with Crippen molar-refractivity contribution in [2.75, 3.05) is 32.7 Å². The minimum Gasteiger partial charge on any atom is -0.480 e. The zero-order valence-electron chi connectivity index (χ0n) is 26.6. The average Bonchev–Trinajstić information content (AvgIpc) is 3.57. The Morgan fingerprint density at radius 3 is 2.06 bits per heavy atom. The number of rotatable bonds is 9. The summed E-state index contributed by atoms with van der Waals surface area (Å²) in [5.41, 5.74) is 0.118. The first-order valence-corrected chi connectivity index (χ1v) is 16.3. The van der Waals surface area contributed by atoms with Gasteiger partial charge in [0.2, 0.25) is 5.91 Å². The molecule has 1 aromatic heterocycles. The highest BCUT2D eigenvalue weighted by Crippen LogP contribution is 2.47. The largest absolute Gasteiger partial charge is 0.480 e. The maximum absolute atomic E-state index is 14.4. The van der Waals surface area contributed by atoms with Gasteiger partial charge in [0.1, 0.15) is 11.5 Å². The number of carbonyl (C=O) groups is 2. The molecule has 0 aliphatic carbocycles. The van der Waals surface area contributed by atoms with Crippen molar-refractivity contribution < 1.29 is 41.0 Å². The van der Waals surface area contributed by atoms with Gasteiger partial charge in [-0.3, -0.25) is 19.6 Å². The Balaban J connectivity index is 1.28. The Kier molecular flexibility index (Phi) is 9.60. The summed E-state index contributed by atoms with van der Waals surface area (Å²) in [5.74, 6) is -3.08. The lowest BCUT2D eigenvalue weighted by molar-refractivity contribution is -0.236. The van der Waals surface area contributed by atoms with Crippen LogP contribution in [0, 0.1) is 5.41 Å². The van der Waals surface area contributed by atoms with Gasteiger partial charge >= 0.3 is 18.3 Å². The maximum Gasteiger partial charge on any atom is 0.403 e. The molecular weight excluding hydrogens is 650 g/mol. The number of fused-ring (bicyclic) bond motifs is 2. The molecule has 7 nitrogen and oxygen atoms in total. The Bertz CT molecular complexity index is 1850. The summed E-state index contributed by atoms with van der Waals surface area (Å²) < 4.78 is 81.7. The van der Waals surface area contributed by atoms with E-state index < -0.39 is 68.2 Å². The van der Waals surface area contributed by atoms with Crippen molar-refractivity contribution in [1.29, 1.82) is 0 Å². The molecule has 2 fully saturated rings. The number of carboxylic acids is 1. The number of benzene rings is 3. The third-order valence-corrected chi connectivity index (χ3v) is 9.85. The lowest BCUT2D eigenvalue weighted by atomic mass is 9.76. The van der Waals surface area contributed by atoms with Crippen molar-refractivity contribution in [2.24, 2.45) is 5.41 Å². The summed E-state index contributed by atoms with van der Waals surface area (Å²) in [6, 6.07) is 17.0. The van der Waals surface area contributed by atoms with Gasteiger partial charge in [0.15, 0.2) is 0 Å². The predicted molar refractivity (Wildman–Crippen MR) is 173 cm³/mol. The van der Waals surface area contributed by atoms with Crippen LogP contribution in [0.1, 0.15) is 36.8 Å². The van der Waals surface area contributed by atoms with E-state index in [0.29, 0.717) is 10.9 Å². The number of hydrogen-bond donors (Lipinski definition) is 2. The molecule has 0 spiro atoms. The molecule has 2 saturated heterocycles. The molecule has 0 bridgehead atoms. The Morgan fingerprint density at radius 1 is 0.796 bits per heavy atom. The molecule has 260 valence electrons. The molecule has 0 saturated carbocycles. The predicted octanol–water partition coefficient (Wildman–Crippen LogP) is 6.97. The number of nitrogens with zero attached hydrogens (tertiary/aromatic N) is 3. The number of pyridine rings is 1. The van der Waals surface area contributed by atoms with Crippen molar-refractivity contribution in [3.63, 3.8) is 0 Å². The number of aliphatic carboxylic acids is 1. The molecule has 13 heteroatoms. The fourth-order valence-electron chi connectivity index (χ4n) is 7.24. The van der Waals surface area contributed by atoms with Gasteiger partial charge in [-0.1, -0.05) is 60.7 Å². The molecule has 4 aromatic rings. The van der Waals surface area contributed by atoms with Crippen molar-refractivity contribution >= 4 is 33.4 Å². The second kappa shape index (κ2) is 13.6. The molecule has 3 aromatic carbocycles. The highest BCUT2D eigenvalue weighted by Gasteiger charge is 2.61. The monoisotopic (exact) mass is 686 g/mol. The van der Waals surface area contributed by atoms with E-state index in [0.717, 1.165) is 57.5 Å². The standard InChI is InChI=1S/C36H36F6N4O3/c37-35(38,39)22-46-17-13-34(14-18-46,36(40,41)42)33(49)44-30(32(47)48)19-23-7-5-11-27-25(23)10-6-12-29(27)31-28-9-2-1-8-26(28)24(20-43-31)21-45-15-3-4-16-45/h1-2,5-12,20,30H,3-4,13-19,21-22H2,(H,44,49)(H,47,48)/t30-/m0/s1. The number of halogens is 6. The van der Waals surface area contributed by atoms with E-state index in [1.165, 1.54) is 12.8 Å². The Labute approximate surface area is 278 Å². The topological polar surface area (TPSA) is 85.8 Å². The number of carbonyl (C=O) groups excluding carboxylic acids is 1. The van der Waals surface area contributed by atoms with E-state index in [4.69, 9.17) is 4.98 Å². The summed E-state index contributed by atoms with van der Waals surface area (Å²) in [6.45, 7) is 0.251. The van der Waals surface area contributed by atoms with E-state index in [-0.39, 0.29) is 6.42 Å². The maximum atomic E-state index is 14.4. The van der Waals surface area contributed by atoms with Crippen molar-refractivity contribution in [1.82, 2.24) is 20.1 Å². The summed E-state index contributed by atoms with van der Waals surface area (Å²) >= 11 is 0. The molecule has 6 rings (SSSR count). The Hall–Kier alpha value is -4.23. The lowest BCUT2D eigenvalue weighted by Gasteiger charge is -2.42. The summed E-state index contributed by atoms with van der Waals surface area (Å²) in [6.07, 6.45) is -7.63. The molecular formula is C36H36F6N4O3. The molecule has 1 amide bonds. The average molecular weight is 687 g/mol. The van der Waals surface area contributed by atoms with Crippen LogP contribution < -0.4 is 5.32 Å². The first kappa shape index (κ1) is 34.6. The van der Waals surface area contributed by atoms with Gasteiger partial charge in [-0.25, -0.2) is 4.79 Å². The van der Waals surface area contributed by atoms with E-state index in [1.807, 2.05) is 36.5 Å². The number of hydrogen-bond acceptors (Lipinski definition) is 5. The minimum atomic E-state index is -5.10. The third-order valence-electron chi connectivity index (χ3n) is 9.85. The number of nitrogens with one attached hydrogen (secondary N) is 1. The van der Waals surface area contributed by atoms with Crippen LogP contribution >= 0.6 is 0 Å². The van der Waals surface area contributed by atoms with Gasteiger partial charge in [-0.15, -0.1) is 0 Å². The van der Waals surface area contributed by atoms with Gasteiger partial charge < -0.3 is 10.4 Å². The number of piperidine rings is 1. The number of amides is 1. The van der Waals surface area contributed by atoms with Gasteiger partial charge in [-0.2, -0.15) is 26.3 Å². The van der Waals surface area contributed by atoms with Crippen molar-refractivity contribution in [3.05, 3.63) is 78.0 Å². The van der Waals surface area contributed by atoms with Crippen molar-refractivity contribution in [2.45, 2.75) is 57.0 Å². The van der Waals surface area contributed by atoms with Crippen LogP contribution in [-0.4, -0.2) is 82.9 Å². The minimum absolute atomic E-state index is 0.320. The SMILES string of the molecule is O=C(O)[C@H](Cc1cccc2c(-c3ncc(CN4CCCC4)c4ccccc34)cccc12)NC(=O)C1(C(F)(F)F)CCN(CC(F)(F)F)CC1. The highest BCUT2D eigenvalue weighted by molar-refractivity contribution is 6.05. The van der Waals surface area contributed by atoms with E-state index in [9.17, 15) is 41.0 Å². The fraction of sp³-hybridized carbons (Fsp3) is 0.417. The summed E-state index contributed by atoms with van der Waals surface area (Å²) in [5, 5.41) is 15.6. The molecule has 0 radical (unpaired) electrons. The van der Waals surface area contributed by atoms with Crippen LogP contribution in [0.4, 0.5) is 26.3 Å². The molecule has 2 aliphatic heterocycles. The molecule has 3 heterocycles. The van der Waals surface area contributed by atoms with Gasteiger partial charge in [0.25, 0.3) is 0 Å². The zero-order valence-corrected chi connectivity index (χ0v) is 26.6. The van der Waals surface area contributed by atoms with Crippen LogP contribution in [0.2, 0.25) is 0 Å². The summed E-state index contributed by atoms with van der Waals surface area (Å²) in [7, 11) is 0. The zero-order chi connectivity index (χ0) is 35.0. The number of alkyl halides is 6. The van der Waals surface area contributed by atoms with Crippen LogP contribution in [-0.2, 0) is 22.6 Å².